The summed E-state index contributed by atoms with van der Waals surface area (Å²) in [7, 11) is 0. The third kappa shape index (κ3) is 5.23. The van der Waals surface area contributed by atoms with Gasteiger partial charge in [-0.15, -0.1) is 12.4 Å². The quantitative estimate of drug-likeness (QED) is 0.767. The van der Waals surface area contributed by atoms with E-state index in [0.29, 0.717) is 12.5 Å². The van der Waals surface area contributed by atoms with Crippen molar-refractivity contribution in [2.24, 2.45) is 11.7 Å². The summed E-state index contributed by atoms with van der Waals surface area (Å²) in [5, 5.41) is 2.82. The molecule has 5 heteroatoms. The van der Waals surface area contributed by atoms with Crippen molar-refractivity contribution < 1.29 is 9.53 Å². The topological polar surface area (TPSA) is 64.3 Å². The summed E-state index contributed by atoms with van der Waals surface area (Å²) in [5.74, 6) is 0.579. The summed E-state index contributed by atoms with van der Waals surface area (Å²) in [6, 6.07) is 0.262. The van der Waals surface area contributed by atoms with Crippen molar-refractivity contribution in [1.29, 1.82) is 0 Å². The molecule has 0 radical (unpaired) electrons. The molecule has 0 atom stereocenters. The summed E-state index contributed by atoms with van der Waals surface area (Å²) in [6.45, 7) is 6.29. The van der Waals surface area contributed by atoms with Gasteiger partial charge in [0, 0.05) is 6.04 Å². The van der Waals surface area contributed by atoms with Gasteiger partial charge in [-0.3, -0.25) is 0 Å². The van der Waals surface area contributed by atoms with Crippen LogP contribution in [-0.2, 0) is 4.74 Å². The van der Waals surface area contributed by atoms with Crippen molar-refractivity contribution in [2.45, 2.75) is 45.3 Å². The second-order valence-corrected chi connectivity index (χ2v) is 4.92. The molecule has 90 valence electrons. The fraction of sp³-hybridized carbons (Fsp3) is 0.900. The third-order valence-electron chi connectivity index (χ3n) is 2.29. The molecule has 3 N–H and O–H groups in total. The fourth-order valence-electron chi connectivity index (χ4n) is 1.52. The molecule has 1 aliphatic rings. The van der Waals surface area contributed by atoms with Crippen molar-refractivity contribution in [3.05, 3.63) is 0 Å². The largest absolute Gasteiger partial charge is 0.444 e. The Bertz CT molecular complexity index is 210. The zero-order chi connectivity index (χ0) is 10.8. The molecule has 0 bridgehead atoms. The molecule has 1 aliphatic carbocycles. The lowest BCUT2D eigenvalue weighted by molar-refractivity contribution is 0.0455. The lowest BCUT2D eigenvalue weighted by Crippen LogP contribution is -2.47. The van der Waals surface area contributed by atoms with Gasteiger partial charge in [-0.2, -0.15) is 0 Å². The van der Waals surface area contributed by atoms with E-state index in [1.54, 1.807) is 0 Å². The molecule has 0 aromatic carbocycles. The first kappa shape index (κ1) is 14.5. The van der Waals surface area contributed by atoms with Gasteiger partial charge in [0.1, 0.15) is 5.60 Å². The number of alkyl carbamates (subject to hydrolysis) is 1. The van der Waals surface area contributed by atoms with E-state index in [1.807, 2.05) is 20.8 Å². The first-order valence-corrected chi connectivity index (χ1v) is 5.10. The van der Waals surface area contributed by atoms with Crippen molar-refractivity contribution in [3.63, 3.8) is 0 Å². The number of carbonyl (C=O) groups is 1. The molecule has 0 aromatic heterocycles. The van der Waals surface area contributed by atoms with Crippen molar-refractivity contribution in [3.8, 4) is 0 Å². The molecular weight excluding hydrogens is 216 g/mol. The Balaban J connectivity index is 0.00000196. The number of amides is 1. The highest BCUT2D eigenvalue weighted by molar-refractivity contribution is 5.85. The average molecular weight is 237 g/mol. The highest BCUT2D eigenvalue weighted by atomic mass is 35.5. The summed E-state index contributed by atoms with van der Waals surface area (Å²) in [6.07, 6.45) is 1.64. The Morgan fingerprint density at radius 3 is 2.40 bits per heavy atom. The van der Waals surface area contributed by atoms with E-state index >= 15 is 0 Å². The molecule has 4 nitrogen and oxygen atoms in total. The lowest BCUT2D eigenvalue weighted by atomic mass is 9.80. The number of hydrogen-bond acceptors (Lipinski definition) is 3. The number of carbonyl (C=O) groups excluding carboxylic acids is 1. The maximum atomic E-state index is 11.3. The standard InChI is InChI=1S/C10H20N2O2.ClH/c1-10(2,3)14-9(13)12-8-4-7(5-8)6-11;/h7-8H,4-6,11H2,1-3H3,(H,12,13);1H. The number of rotatable bonds is 2. The predicted octanol–water partition coefficient (Wildman–Crippen LogP) is 1.67. The van der Waals surface area contributed by atoms with Crippen LogP contribution in [0.3, 0.4) is 0 Å². The van der Waals surface area contributed by atoms with Crippen LogP contribution in [0.25, 0.3) is 0 Å². The molecule has 1 amide bonds. The van der Waals surface area contributed by atoms with Crippen LogP contribution >= 0.6 is 12.4 Å². The van der Waals surface area contributed by atoms with Crippen molar-refractivity contribution in [1.82, 2.24) is 5.32 Å². The van der Waals surface area contributed by atoms with Gasteiger partial charge in [-0.05, 0) is 46.1 Å². The van der Waals surface area contributed by atoms with Gasteiger partial charge in [0.2, 0.25) is 0 Å². The number of halogens is 1. The maximum Gasteiger partial charge on any atom is 0.407 e. The van der Waals surface area contributed by atoms with Crippen LogP contribution in [0.4, 0.5) is 4.79 Å². The van der Waals surface area contributed by atoms with E-state index in [4.69, 9.17) is 10.5 Å². The third-order valence-corrected chi connectivity index (χ3v) is 2.29. The minimum atomic E-state index is -0.416. The van der Waals surface area contributed by atoms with Gasteiger partial charge in [0.05, 0.1) is 0 Å². The Kier molecular flexibility index (Phi) is 5.38. The summed E-state index contributed by atoms with van der Waals surface area (Å²) < 4.78 is 5.13. The molecule has 0 aliphatic heterocycles. The molecule has 0 saturated heterocycles. The van der Waals surface area contributed by atoms with Gasteiger partial charge in [-0.25, -0.2) is 4.79 Å². The van der Waals surface area contributed by atoms with Gasteiger partial charge in [-0.1, -0.05) is 0 Å². The van der Waals surface area contributed by atoms with Crippen LogP contribution in [-0.4, -0.2) is 24.3 Å². The highest BCUT2D eigenvalue weighted by Crippen LogP contribution is 2.26. The molecule has 1 rings (SSSR count). The fourth-order valence-corrected chi connectivity index (χ4v) is 1.52. The van der Waals surface area contributed by atoms with Crippen molar-refractivity contribution in [2.75, 3.05) is 6.54 Å². The van der Waals surface area contributed by atoms with E-state index in [1.165, 1.54) is 0 Å². The van der Waals surface area contributed by atoms with Crippen LogP contribution in [0.1, 0.15) is 33.6 Å². The zero-order valence-electron chi connectivity index (χ0n) is 9.58. The molecule has 0 spiro atoms. The number of nitrogens with two attached hydrogens (primary N) is 1. The highest BCUT2D eigenvalue weighted by Gasteiger charge is 2.30. The Morgan fingerprint density at radius 2 is 2.00 bits per heavy atom. The van der Waals surface area contributed by atoms with Crippen LogP contribution in [0.5, 0.6) is 0 Å². The molecule has 0 heterocycles. The minimum Gasteiger partial charge on any atom is -0.444 e. The molecular formula is C10H21ClN2O2. The van der Waals surface area contributed by atoms with Gasteiger partial charge >= 0.3 is 6.09 Å². The van der Waals surface area contributed by atoms with Crippen molar-refractivity contribution >= 4 is 18.5 Å². The first-order valence-electron chi connectivity index (χ1n) is 5.10. The number of hydrogen-bond donors (Lipinski definition) is 2. The van der Waals surface area contributed by atoms with Gasteiger partial charge in [0.25, 0.3) is 0 Å². The Labute approximate surface area is 97.3 Å². The van der Waals surface area contributed by atoms with E-state index < -0.39 is 5.60 Å². The van der Waals surface area contributed by atoms with Crippen LogP contribution in [0, 0.1) is 5.92 Å². The second-order valence-electron chi connectivity index (χ2n) is 4.92. The molecule has 1 fully saturated rings. The van der Waals surface area contributed by atoms with E-state index in [-0.39, 0.29) is 24.5 Å². The van der Waals surface area contributed by atoms with E-state index in [0.717, 1.165) is 12.8 Å². The number of nitrogens with one attached hydrogen (secondary N) is 1. The minimum absolute atomic E-state index is 0. The lowest BCUT2D eigenvalue weighted by Gasteiger charge is -2.35. The average Bonchev–Trinajstić information content (AvgIpc) is 1.91. The zero-order valence-corrected chi connectivity index (χ0v) is 10.4. The Hall–Kier alpha value is -0.480. The SMILES string of the molecule is CC(C)(C)OC(=O)NC1CC(CN)C1.Cl. The normalized spacial score (nSPS) is 24.8. The summed E-state index contributed by atoms with van der Waals surface area (Å²) >= 11 is 0. The molecule has 1 saturated carbocycles. The van der Waals surface area contributed by atoms with E-state index in [9.17, 15) is 4.79 Å². The van der Waals surface area contributed by atoms with Crippen LogP contribution in [0.15, 0.2) is 0 Å². The maximum absolute atomic E-state index is 11.3. The number of ether oxygens (including phenoxy) is 1. The van der Waals surface area contributed by atoms with Gasteiger partial charge in [0.15, 0.2) is 0 Å². The smallest absolute Gasteiger partial charge is 0.407 e. The summed E-state index contributed by atoms with van der Waals surface area (Å²) in [4.78, 5) is 11.3. The summed E-state index contributed by atoms with van der Waals surface area (Å²) in [5.41, 5.74) is 5.07. The second kappa shape index (κ2) is 5.56. The molecule has 0 unspecified atom stereocenters. The van der Waals surface area contributed by atoms with Crippen LogP contribution in [0.2, 0.25) is 0 Å². The molecule has 0 aromatic rings. The molecule has 15 heavy (non-hydrogen) atoms. The first-order chi connectivity index (χ1) is 6.40. The predicted molar refractivity (Wildman–Crippen MR) is 62.2 cm³/mol. The van der Waals surface area contributed by atoms with Crippen LogP contribution < -0.4 is 11.1 Å². The Morgan fingerprint density at radius 1 is 1.47 bits per heavy atom. The monoisotopic (exact) mass is 236 g/mol. The van der Waals surface area contributed by atoms with E-state index in [2.05, 4.69) is 5.32 Å². The van der Waals surface area contributed by atoms with Gasteiger partial charge < -0.3 is 15.8 Å².